The summed E-state index contributed by atoms with van der Waals surface area (Å²) in [4.78, 5) is 23.3. The van der Waals surface area contributed by atoms with E-state index in [1.54, 1.807) is 24.3 Å². The summed E-state index contributed by atoms with van der Waals surface area (Å²) in [6, 6.07) is 13.5. The third-order valence-electron chi connectivity index (χ3n) is 4.82. The van der Waals surface area contributed by atoms with Crippen molar-refractivity contribution in [3.05, 3.63) is 99.0 Å². The summed E-state index contributed by atoms with van der Waals surface area (Å²) < 4.78 is 33.1. The number of ether oxygens (including phenoxy) is 1. The van der Waals surface area contributed by atoms with Crippen molar-refractivity contribution in [3.8, 4) is 5.75 Å². The van der Waals surface area contributed by atoms with Crippen molar-refractivity contribution in [2.45, 2.75) is 4.90 Å². The Morgan fingerprint density at radius 1 is 1.14 bits per heavy atom. The fourth-order valence-corrected chi connectivity index (χ4v) is 4.92. The highest BCUT2D eigenvalue weighted by Gasteiger charge is 2.26. The predicted molar refractivity (Wildman–Crippen MR) is 135 cm³/mol. The van der Waals surface area contributed by atoms with Crippen LogP contribution in [0.25, 0.3) is 0 Å². The van der Waals surface area contributed by atoms with E-state index < -0.39 is 20.9 Å². The van der Waals surface area contributed by atoms with Crippen molar-refractivity contribution in [1.82, 2.24) is 0 Å². The van der Waals surface area contributed by atoms with Crippen LogP contribution in [0.3, 0.4) is 0 Å². The van der Waals surface area contributed by atoms with Gasteiger partial charge in [0.2, 0.25) is 0 Å². The molecule has 12 heteroatoms. The molecule has 0 bridgehead atoms. The molecular formula is C23H19Cl2N3O6S. The summed E-state index contributed by atoms with van der Waals surface area (Å²) in [5.41, 5.74) is -0.0652. The molecule has 182 valence electrons. The molecule has 1 N–H and O–H groups in total. The molecule has 0 radical (unpaired) electrons. The second-order valence-electron chi connectivity index (χ2n) is 7.04. The van der Waals surface area contributed by atoms with Gasteiger partial charge in [0.25, 0.3) is 21.6 Å². The van der Waals surface area contributed by atoms with E-state index in [4.69, 9.17) is 27.9 Å². The smallest absolute Gasteiger partial charge is 0.271 e. The summed E-state index contributed by atoms with van der Waals surface area (Å²) >= 11 is 12.1. The molecule has 0 fully saturated rings. The Labute approximate surface area is 211 Å². The number of nitro benzene ring substituents is 1. The number of rotatable bonds is 9. The summed E-state index contributed by atoms with van der Waals surface area (Å²) in [7, 11) is -2.80. The summed E-state index contributed by atoms with van der Waals surface area (Å²) in [6.45, 7) is 3.57. The normalized spacial score (nSPS) is 10.9. The summed E-state index contributed by atoms with van der Waals surface area (Å²) in [5.74, 6) is -0.614. The maximum atomic E-state index is 13.4. The zero-order valence-corrected chi connectivity index (χ0v) is 20.6. The lowest BCUT2D eigenvalue weighted by atomic mass is 10.2. The highest BCUT2D eigenvalue weighted by molar-refractivity contribution is 7.92. The second-order valence-corrected chi connectivity index (χ2v) is 9.74. The Morgan fingerprint density at radius 3 is 2.43 bits per heavy atom. The molecule has 0 saturated carbocycles. The highest BCUT2D eigenvalue weighted by atomic mass is 35.5. The molecule has 9 nitrogen and oxygen atoms in total. The van der Waals surface area contributed by atoms with Gasteiger partial charge in [0.05, 0.1) is 45.4 Å². The van der Waals surface area contributed by atoms with Gasteiger partial charge in [0.15, 0.2) is 0 Å². The lowest BCUT2D eigenvalue weighted by Crippen LogP contribution is -2.31. The number of halogens is 2. The molecule has 0 heterocycles. The monoisotopic (exact) mass is 535 g/mol. The molecule has 0 spiro atoms. The zero-order valence-electron chi connectivity index (χ0n) is 18.3. The van der Waals surface area contributed by atoms with E-state index in [1.165, 1.54) is 37.5 Å². The van der Waals surface area contributed by atoms with Gasteiger partial charge in [-0.1, -0.05) is 29.3 Å². The molecule has 3 aromatic rings. The number of non-ortho nitro benzene ring substituents is 1. The molecule has 0 aliphatic carbocycles. The van der Waals surface area contributed by atoms with E-state index in [-0.39, 0.29) is 39.2 Å². The maximum Gasteiger partial charge on any atom is 0.271 e. The molecule has 3 aromatic carbocycles. The Kier molecular flexibility index (Phi) is 8.00. The molecule has 0 saturated heterocycles. The molecule has 1 amide bonds. The van der Waals surface area contributed by atoms with E-state index in [0.717, 1.165) is 16.4 Å². The minimum Gasteiger partial charge on any atom is -0.495 e. The van der Waals surface area contributed by atoms with Crippen LogP contribution >= 0.6 is 23.2 Å². The third kappa shape index (κ3) is 5.73. The van der Waals surface area contributed by atoms with Gasteiger partial charge >= 0.3 is 0 Å². The van der Waals surface area contributed by atoms with Gasteiger partial charge in [-0.15, -0.1) is 6.58 Å². The summed E-state index contributed by atoms with van der Waals surface area (Å²) in [5, 5.41) is 14.0. The lowest BCUT2D eigenvalue weighted by Gasteiger charge is -2.23. The minimum atomic E-state index is -4.14. The van der Waals surface area contributed by atoms with E-state index >= 15 is 0 Å². The SMILES string of the molecule is C=CCN(c1ccc(Cl)cc1)S(=O)(=O)c1ccc(Cl)c(C(=O)Nc2cc([N+](=O)[O-])ccc2OC)c1. The quantitative estimate of drug-likeness (QED) is 0.218. The average molecular weight is 536 g/mol. The molecular weight excluding hydrogens is 517 g/mol. The van der Waals surface area contributed by atoms with Crippen molar-refractivity contribution < 1.29 is 22.9 Å². The standard InChI is InChI=1S/C23H19Cl2N3O6S/c1-3-12-27(16-6-4-15(24)5-7-16)35(32,33)18-9-10-20(25)19(14-18)23(29)26-21-13-17(28(30)31)8-11-22(21)34-2/h3-11,13-14H,1,12H2,2H3,(H,26,29). The molecule has 0 atom stereocenters. The van der Waals surface area contributed by atoms with Crippen molar-refractivity contribution in [3.63, 3.8) is 0 Å². The highest BCUT2D eigenvalue weighted by Crippen LogP contribution is 2.31. The number of nitrogens with one attached hydrogen (secondary N) is 1. The fraction of sp³-hybridized carbons (Fsp3) is 0.0870. The molecule has 0 aromatic heterocycles. The largest absolute Gasteiger partial charge is 0.495 e. The topological polar surface area (TPSA) is 119 Å². The van der Waals surface area contributed by atoms with Crippen LogP contribution in [-0.2, 0) is 10.0 Å². The van der Waals surface area contributed by atoms with Crippen molar-refractivity contribution in [2.24, 2.45) is 0 Å². The number of carbonyl (C=O) groups excluding carboxylic acids is 1. The Morgan fingerprint density at radius 2 is 1.83 bits per heavy atom. The van der Waals surface area contributed by atoms with Gasteiger partial charge in [-0.2, -0.15) is 0 Å². The predicted octanol–water partition coefficient (Wildman–Crippen LogP) is 5.54. The molecule has 0 unspecified atom stereocenters. The van der Waals surface area contributed by atoms with Crippen LogP contribution in [0.2, 0.25) is 10.0 Å². The van der Waals surface area contributed by atoms with Gasteiger partial charge in [-0.25, -0.2) is 8.42 Å². The first-order chi connectivity index (χ1) is 16.6. The number of nitrogens with zero attached hydrogens (tertiary/aromatic N) is 2. The minimum absolute atomic E-state index is 0.0190. The first-order valence-corrected chi connectivity index (χ1v) is 12.1. The van der Waals surface area contributed by atoms with Gasteiger partial charge in [0.1, 0.15) is 5.75 Å². The molecule has 3 rings (SSSR count). The first kappa shape index (κ1) is 26.0. The Bertz CT molecular complexity index is 1390. The van der Waals surface area contributed by atoms with Crippen molar-refractivity contribution in [2.75, 3.05) is 23.3 Å². The van der Waals surface area contributed by atoms with Gasteiger partial charge in [0, 0.05) is 17.2 Å². The number of nitro groups is 1. The maximum absolute atomic E-state index is 13.4. The molecule has 35 heavy (non-hydrogen) atoms. The van der Waals surface area contributed by atoms with Gasteiger partial charge in [-0.05, 0) is 48.5 Å². The van der Waals surface area contributed by atoms with Crippen LogP contribution in [-0.4, -0.2) is 32.9 Å². The fourth-order valence-electron chi connectivity index (χ4n) is 3.13. The van der Waals surface area contributed by atoms with Gasteiger partial charge in [-0.3, -0.25) is 19.2 Å². The number of amides is 1. The number of hydrogen-bond donors (Lipinski definition) is 1. The van der Waals surface area contributed by atoms with Crippen LogP contribution in [0, 0.1) is 10.1 Å². The van der Waals surface area contributed by atoms with Gasteiger partial charge < -0.3 is 10.1 Å². The second kappa shape index (κ2) is 10.8. The van der Waals surface area contributed by atoms with E-state index in [0.29, 0.717) is 10.7 Å². The number of carbonyl (C=O) groups is 1. The Hall–Kier alpha value is -3.60. The zero-order chi connectivity index (χ0) is 25.8. The van der Waals surface area contributed by atoms with E-state index in [2.05, 4.69) is 11.9 Å². The van der Waals surface area contributed by atoms with Crippen LogP contribution < -0.4 is 14.4 Å². The number of anilines is 2. The summed E-state index contributed by atoms with van der Waals surface area (Å²) in [6.07, 6.45) is 1.42. The third-order valence-corrected chi connectivity index (χ3v) is 7.19. The lowest BCUT2D eigenvalue weighted by molar-refractivity contribution is -0.384. The number of methoxy groups -OCH3 is 1. The van der Waals surface area contributed by atoms with Crippen molar-refractivity contribution in [1.29, 1.82) is 0 Å². The first-order valence-electron chi connectivity index (χ1n) is 9.91. The van der Waals surface area contributed by atoms with Crippen LogP contribution in [0.4, 0.5) is 17.1 Å². The van der Waals surface area contributed by atoms with Crippen LogP contribution in [0.1, 0.15) is 10.4 Å². The number of hydrogen-bond acceptors (Lipinski definition) is 6. The van der Waals surface area contributed by atoms with Crippen molar-refractivity contribution >= 4 is 56.2 Å². The van der Waals surface area contributed by atoms with E-state index in [1.807, 2.05) is 0 Å². The number of sulfonamides is 1. The molecule has 0 aliphatic heterocycles. The van der Waals surface area contributed by atoms with Crippen LogP contribution in [0.15, 0.2) is 78.2 Å². The Balaban J connectivity index is 2.01. The van der Waals surface area contributed by atoms with E-state index in [9.17, 15) is 23.3 Å². The average Bonchev–Trinajstić information content (AvgIpc) is 2.83. The number of benzene rings is 3. The van der Waals surface area contributed by atoms with Crippen LogP contribution in [0.5, 0.6) is 5.75 Å². The molecule has 0 aliphatic rings.